The third-order valence-electron chi connectivity index (χ3n) is 3.07. The summed E-state index contributed by atoms with van der Waals surface area (Å²) < 4.78 is 24.1. The van der Waals surface area contributed by atoms with Crippen LogP contribution in [0.5, 0.6) is 5.75 Å². The molecule has 0 aliphatic rings. The molecule has 0 saturated carbocycles. The van der Waals surface area contributed by atoms with Crippen LogP contribution >= 0.6 is 0 Å². The van der Waals surface area contributed by atoms with E-state index in [-0.39, 0.29) is 17.6 Å². The van der Waals surface area contributed by atoms with Gasteiger partial charge in [0.1, 0.15) is 11.5 Å². The minimum atomic E-state index is -0.374. The van der Waals surface area contributed by atoms with Crippen molar-refractivity contribution in [2.45, 2.75) is 25.8 Å². The number of halogens is 1. The Balaban J connectivity index is 2.10. The van der Waals surface area contributed by atoms with Gasteiger partial charge in [-0.1, -0.05) is 13.0 Å². The summed E-state index contributed by atoms with van der Waals surface area (Å²) in [5.41, 5.74) is 6.89. The summed E-state index contributed by atoms with van der Waals surface area (Å²) in [7, 11) is 1.44. The summed E-state index contributed by atoms with van der Waals surface area (Å²) in [6, 6.07) is 8.39. The van der Waals surface area contributed by atoms with Gasteiger partial charge < -0.3 is 14.9 Å². The topological polar surface area (TPSA) is 48.4 Å². The van der Waals surface area contributed by atoms with Crippen molar-refractivity contribution in [2.24, 2.45) is 5.73 Å². The van der Waals surface area contributed by atoms with E-state index in [1.165, 1.54) is 13.2 Å². The maximum absolute atomic E-state index is 13.6. The van der Waals surface area contributed by atoms with Gasteiger partial charge in [0.2, 0.25) is 0 Å². The van der Waals surface area contributed by atoms with Crippen LogP contribution < -0.4 is 10.5 Å². The molecule has 2 aromatic rings. The number of hydrogen-bond acceptors (Lipinski definition) is 3. The predicted octanol–water partition coefficient (Wildman–Crippen LogP) is 3.23. The largest absolute Gasteiger partial charge is 0.494 e. The molecule has 0 radical (unpaired) electrons. The van der Waals surface area contributed by atoms with Gasteiger partial charge in [0.15, 0.2) is 11.6 Å². The van der Waals surface area contributed by atoms with E-state index in [1.54, 1.807) is 6.07 Å². The highest BCUT2D eigenvalue weighted by molar-refractivity contribution is 5.30. The van der Waals surface area contributed by atoms with E-state index in [4.69, 9.17) is 14.9 Å². The van der Waals surface area contributed by atoms with Crippen molar-refractivity contribution >= 4 is 0 Å². The monoisotopic (exact) mass is 263 g/mol. The molecule has 1 aromatic heterocycles. The molecule has 1 aromatic carbocycles. The number of furan rings is 1. The molecule has 102 valence electrons. The van der Waals surface area contributed by atoms with E-state index in [0.717, 1.165) is 23.5 Å². The number of aryl methyl sites for hydroxylation is 1. The summed E-state index contributed by atoms with van der Waals surface area (Å²) in [6.45, 7) is 2.02. The van der Waals surface area contributed by atoms with Crippen molar-refractivity contribution in [3.8, 4) is 5.75 Å². The Morgan fingerprint density at radius 3 is 2.68 bits per heavy atom. The maximum Gasteiger partial charge on any atom is 0.165 e. The number of nitrogens with two attached hydrogens (primary N) is 1. The lowest BCUT2D eigenvalue weighted by Crippen LogP contribution is -2.12. The Kier molecular flexibility index (Phi) is 4.22. The van der Waals surface area contributed by atoms with E-state index in [0.29, 0.717) is 6.42 Å². The molecular weight excluding hydrogens is 245 g/mol. The first-order chi connectivity index (χ1) is 9.13. The third-order valence-corrected chi connectivity index (χ3v) is 3.07. The third kappa shape index (κ3) is 3.15. The zero-order valence-corrected chi connectivity index (χ0v) is 11.2. The van der Waals surface area contributed by atoms with Crippen LogP contribution in [0.25, 0.3) is 0 Å². The van der Waals surface area contributed by atoms with Crippen molar-refractivity contribution in [2.75, 3.05) is 7.11 Å². The second-order valence-corrected chi connectivity index (χ2v) is 4.44. The average molecular weight is 263 g/mol. The van der Waals surface area contributed by atoms with Crippen LogP contribution in [0, 0.1) is 5.82 Å². The molecule has 1 atom stereocenters. The summed E-state index contributed by atoms with van der Waals surface area (Å²) in [6.07, 6.45) is 1.36. The van der Waals surface area contributed by atoms with Gasteiger partial charge in [-0.25, -0.2) is 4.39 Å². The lowest BCUT2D eigenvalue weighted by atomic mass is 10.0. The van der Waals surface area contributed by atoms with Crippen molar-refractivity contribution < 1.29 is 13.5 Å². The van der Waals surface area contributed by atoms with Crippen molar-refractivity contribution in [3.63, 3.8) is 0 Å². The zero-order valence-electron chi connectivity index (χ0n) is 11.2. The lowest BCUT2D eigenvalue weighted by Gasteiger charge is -2.10. The standard InChI is InChI=1S/C15H18FNO2/c1-3-11-5-7-15(19-11)13(17)9-10-4-6-14(18-2)12(16)8-10/h4-8,13H,3,9,17H2,1-2H3. The molecule has 2 rings (SSSR count). The van der Waals surface area contributed by atoms with Crippen LogP contribution in [0.1, 0.15) is 30.0 Å². The Bertz CT molecular complexity index is 551. The fourth-order valence-electron chi connectivity index (χ4n) is 1.98. The van der Waals surface area contributed by atoms with Crippen LogP contribution in [-0.4, -0.2) is 7.11 Å². The molecule has 0 fully saturated rings. The van der Waals surface area contributed by atoms with Crippen molar-refractivity contribution in [1.82, 2.24) is 0 Å². The van der Waals surface area contributed by atoms with Gasteiger partial charge in [-0.05, 0) is 36.2 Å². The molecule has 3 nitrogen and oxygen atoms in total. The predicted molar refractivity (Wildman–Crippen MR) is 71.7 cm³/mol. The summed E-state index contributed by atoms with van der Waals surface area (Å²) >= 11 is 0. The Hall–Kier alpha value is -1.81. The second kappa shape index (κ2) is 5.89. The van der Waals surface area contributed by atoms with Crippen molar-refractivity contribution in [1.29, 1.82) is 0 Å². The SMILES string of the molecule is CCc1ccc(C(N)Cc2ccc(OC)c(F)c2)o1. The highest BCUT2D eigenvalue weighted by atomic mass is 19.1. The molecule has 19 heavy (non-hydrogen) atoms. The van der Waals surface area contributed by atoms with Gasteiger partial charge in [-0.3, -0.25) is 0 Å². The number of rotatable bonds is 5. The highest BCUT2D eigenvalue weighted by Crippen LogP contribution is 2.22. The van der Waals surface area contributed by atoms with Gasteiger partial charge in [0, 0.05) is 6.42 Å². The van der Waals surface area contributed by atoms with Gasteiger partial charge in [-0.2, -0.15) is 0 Å². The van der Waals surface area contributed by atoms with Crippen LogP contribution in [0.2, 0.25) is 0 Å². The van der Waals surface area contributed by atoms with E-state index >= 15 is 0 Å². The van der Waals surface area contributed by atoms with Crippen LogP contribution in [0.4, 0.5) is 4.39 Å². The molecular formula is C15H18FNO2. The molecule has 1 heterocycles. The molecule has 2 N–H and O–H groups in total. The highest BCUT2D eigenvalue weighted by Gasteiger charge is 2.13. The molecule has 0 aliphatic carbocycles. The van der Waals surface area contributed by atoms with Gasteiger partial charge >= 0.3 is 0 Å². The smallest absolute Gasteiger partial charge is 0.165 e. The Labute approximate surface area is 112 Å². The summed E-state index contributed by atoms with van der Waals surface area (Å²) in [4.78, 5) is 0. The molecule has 0 saturated heterocycles. The average Bonchev–Trinajstić information content (AvgIpc) is 2.88. The normalized spacial score (nSPS) is 12.4. The fourth-order valence-corrected chi connectivity index (χ4v) is 1.98. The second-order valence-electron chi connectivity index (χ2n) is 4.44. The first-order valence-electron chi connectivity index (χ1n) is 6.30. The minimum absolute atomic E-state index is 0.239. The Morgan fingerprint density at radius 1 is 1.32 bits per heavy atom. The van der Waals surface area contributed by atoms with Gasteiger partial charge in [0.25, 0.3) is 0 Å². The Morgan fingerprint density at radius 2 is 2.11 bits per heavy atom. The fraction of sp³-hybridized carbons (Fsp3) is 0.333. The van der Waals surface area contributed by atoms with Crippen LogP contribution in [0.3, 0.4) is 0 Å². The quantitative estimate of drug-likeness (QED) is 0.901. The minimum Gasteiger partial charge on any atom is -0.494 e. The molecule has 4 heteroatoms. The number of benzene rings is 1. The van der Waals surface area contributed by atoms with E-state index in [1.807, 2.05) is 25.1 Å². The zero-order chi connectivity index (χ0) is 13.8. The maximum atomic E-state index is 13.6. The molecule has 1 unspecified atom stereocenters. The molecule has 0 bridgehead atoms. The van der Waals surface area contributed by atoms with E-state index in [2.05, 4.69) is 0 Å². The van der Waals surface area contributed by atoms with Gasteiger partial charge in [-0.15, -0.1) is 0 Å². The summed E-state index contributed by atoms with van der Waals surface area (Å²) in [5, 5.41) is 0. The van der Waals surface area contributed by atoms with Crippen LogP contribution in [0.15, 0.2) is 34.7 Å². The lowest BCUT2D eigenvalue weighted by molar-refractivity contribution is 0.385. The van der Waals surface area contributed by atoms with Crippen LogP contribution in [-0.2, 0) is 12.8 Å². The number of ether oxygens (including phenoxy) is 1. The summed E-state index contributed by atoms with van der Waals surface area (Å²) in [5.74, 6) is 1.50. The number of hydrogen-bond donors (Lipinski definition) is 1. The van der Waals surface area contributed by atoms with E-state index in [9.17, 15) is 4.39 Å². The van der Waals surface area contributed by atoms with Crippen molar-refractivity contribution in [3.05, 3.63) is 53.2 Å². The first-order valence-corrected chi connectivity index (χ1v) is 6.30. The number of methoxy groups -OCH3 is 1. The molecule has 0 amide bonds. The van der Waals surface area contributed by atoms with Gasteiger partial charge in [0.05, 0.1) is 13.2 Å². The molecule has 0 aliphatic heterocycles. The first kappa shape index (κ1) is 13.6. The molecule has 0 spiro atoms. The van der Waals surface area contributed by atoms with E-state index < -0.39 is 0 Å².